The summed E-state index contributed by atoms with van der Waals surface area (Å²) < 4.78 is 0. The third-order valence-corrected chi connectivity index (χ3v) is 3.07. The SMILES string of the molecule is c1cc(SCc2nn[nH]n2)cs1. The minimum absolute atomic E-state index is 0.742. The van der Waals surface area contributed by atoms with Crippen molar-refractivity contribution in [1.29, 1.82) is 0 Å². The third-order valence-electron chi connectivity index (χ3n) is 1.25. The number of aromatic amines is 1. The van der Waals surface area contributed by atoms with Crippen molar-refractivity contribution in [3.8, 4) is 0 Å². The second-order valence-corrected chi connectivity index (χ2v) is 3.90. The Kier molecular flexibility index (Phi) is 2.38. The van der Waals surface area contributed by atoms with Crippen LogP contribution in [0.3, 0.4) is 0 Å². The van der Waals surface area contributed by atoms with E-state index in [0.29, 0.717) is 0 Å². The van der Waals surface area contributed by atoms with Gasteiger partial charge in [0.15, 0.2) is 5.82 Å². The summed E-state index contributed by atoms with van der Waals surface area (Å²) in [6.45, 7) is 0. The van der Waals surface area contributed by atoms with Gasteiger partial charge in [0.25, 0.3) is 0 Å². The van der Waals surface area contributed by atoms with E-state index in [0.717, 1.165) is 11.6 Å². The Morgan fingerprint density at radius 3 is 3.25 bits per heavy atom. The summed E-state index contributed by atoms with van der Waals surface area (Å²) in [6.07, 6.45) is 0. The summed E-state index contributed by atoms with van der Waals surface area (Å²) in [5.41, 5.74) is 0. The highest BCUT2D eigenvalue weighted by atomic mass is 32.2. The van der Waals surface area contributed by atoms with Crippen molar-refractivity contribution in [3.63, 3.8) is 0 Å². The van der Waals surface area contributed by atoms with Gasteiger partial charge in [0.1, 0.15) is 0 Å². The molecule has 0 unspecified atom stereocenters. The van der Waals surface area contributed by atoms with E-state index in [4.69, 9.17) is 0 Å². The predicted molar refractivity (Wildman–Crippen MR) is 48.1 cm³/mol. The van der Waals surface area contributed by atoms with E-state index < -0.39 is 0 Å². The van der Waals surface area contributed by atoms with Crippen molar-refractivity contribution in [3.05, 3.63) is 22.7 Å². The standard InChI is InChI=1S/C6H6N4S2/c1-2-11-3-5(1)12-4-6-7-9-10-8-6/h1-3H,4H2,(H,7,8,9,10). The molecule has 62 valence electrons. The maximum Gasteiger partial charge on any atom is 0.184 e. The molecular weight excluding hydrogens is 192 g/mol. The van der Waals surface area contributed by atoms with Crippen LogP contribution in [0.25, 0.3) is 0 Å². The Morgan fingerprint density at radius 2 is 2.58 bits per heavy atom. The smallest absolute Gasteiger partial charge is 0.177 e. The lowest BCUT2D eigenvalue weighted by atomic mass is 10.7. The van der Waals surface area contributed by atoms with E-state index >= 15 is 0 Å². The van der Waals surface area contributed by atoms with Crippen LogP contribution in [0.15, 0.2) is 21.7 Å². The Bertz CT molecular complexity index is 281. The number of thioether (sulfide) groups is 1. The quantitative estimate of drug-likeness (QED) is 0.760. The van der Waals surface area contributed by atoms with Gasteiger partial charge in [-0.3, -0.25) is 0 Å². The normalized spacial score (nSPS) is 10.3. The first kappa shape index (κ1) is 7.75. The molecule has 0 amide bonds. The summed E-state index contributed by atoms with van der Waals surface area (Å²) in [6, 6.07) is 2.08. The molecule has 0 saturated carbocycles. The molecule has 2 aromatic rings. The number of tetrazole rings is 1. The summed E-state index contributed by atoms with van der Waals surface area (Å²) >= 11 is 3.40. The molecule has 0 spiro atoms. The van der Waals surface area contributed by atoms with E-state index in [1.165, 1.54) is 4.90 Å². The zero-order valence-electron chi connectivity index (χ0n) is 6.10. The largest absolute Gasteiger partial charge is 0.184 e. The highest BCUT2D eigenvalue weighted by Gasteiger charge is 1.99. The van der Waals surface area contributed by atoms with Gasteiger partial charge in [-0.1, -0.05) is 5.21 Å². The first-order chi connectivity index (χ1) is 5.95. The van der Waals surface area contributed by atoms with Crippen molar-refractivity contribution in [2.24, 2.45) is 0 Å². The molecule has 6 heteroatoms. The number of nitrogens with zero attached hydrogens (tertiary/aromatic N) is 3. The minimum Gasteiger partial charge on any atom is -0.177 e. The van der Waals surface area contributed by atoms with Crippen LogP contribution in [-0.2, 0) is 5.75 Å². The number of H-pyrrole nitrogens is 1. The molecule has 2 rings (SSSR count). The summed E-state index contributed by atoms with van der Waals surface area (Å²) in [4.78, 5) is 1.25. The highest BCUT2D eigenvalue weighted by molar-refractivity contribution is 7.98. The highest BCUT2D eigenvalue weighted by Crippen LogP contribution is 2.22. The van der Waals surface area contributed by atoms with Crippen LogP contribution in [0.2, 0.25) is 0 Å². The van der Waals surface area contributed by atoms with Gasteiger partial charge < -0.3 is 0 Å². The van der Waals surface area contributed by atoms with Crippen LogP contribution in [0.4, 0.5) is 0 Å². The fraction of sp³-hybridized carbons (Fsp3) is 0.167. The number of hydrogen-bond acceptors (Lipinski definition) is 5. The lowest BCUT2D eigenvalue weighted by Crippen LogP contribution is -1.82. The van der Waals surface area contributed by atoms with Gasteiger partial charge in [-0.25, -0.2) is 0 Å². The summed E-state index contributed by atoms with van der Waals surface area (Å²) in [5, 5.41) is 17.8. The average molecular weight is 198 g/mol. The van der Waals surface area contributed by atoms with Crippen molar-refractivity contribution in [2.45, 2.75) is 10.6 Å². The van der Waals surface area contributed by atoms with Gasteiger partial charge >= 0.3 is 0 Å². The summed E-state index contributed by atoms with van der Waals surface area (Å²) in [5.74, 6) is 1.51. The molecule has 0 bridgehead atoms. The molecule has 0 radical (unpaired) electrons. The van der Waals surface area contributed by atoms with Crippen molar-refractivity contribution in [2.75, 3.05) is 0 Å². The van der Waals surface area contributed by atoms with Crippen molar-refractivity contribution in [1.82, 2.24) is 20.6 Å². The molecule has 0 saturated heterocycles. The van der Waals surface area contributed by atoms with Crippen molar-refractivity contribution < 1.29 is 0 Å². The van der Waals surface area contributed by atoms with E-state index in [-0.39, 0.29) is 0 Å². The second kappa shape index (κ2) is 3.68. The van der Waals surface area contributed by atoms with Gasteiger partial charge in [0.05, 0.1) is 5.75 Å². The fourth-order valence-electron chi connectivity index (χ4n) is 0.726. The van der Waals surface area contributed by atoms with E-state index in [1.807, 2.05) is 0 Å². The second-order valence-electron chi connectivity index (χ2n) is 2.08. The third kappa shape index (κ3) is 1.83. The molecule has 0 aliphatic carbocycles. The first-order valence-corrected chi connectivity index (χ1v) is 5.25. The molecule has 12 heavy (non-hydrogen) atoms. The average Bonchev–Trinajstić information content (AvgIpc) is 2.74. The molecule has 4 nitrogen and oxygen atoms in total. The van der Waals surface area contributed by atoms with Crippen LogP contribution in [-0.4, -0.2) is 20.6 Å². The lowest BCUT2D eigenvalue weighted by Gasteiger charge is -1.90. The molecule has 1 N–H and O–H groups in total. The Hall–Kier alpha value is -0.880. The molecule has 0 fully saturated rings. The Balaban J connectivity index is 1.91. The van der Waals surface area contributed by atoms with E-state index in [2.05, 4.69) is 37.5 Å². The first-order valence-electron chi connectivity index (χ1n) is 3.32. The van der Waals surface area contributed by atoms with Gasteiger partial charge in [-0.2, -0.15) is 16.6 Å². The molecule has 2 heterocycles. The van der Waals surface area contributed by atoms with Crippen LogP contribution in [0.1, 0.15) is 5.82 Å². The fourth-order valence-corrected chi connectivity index (χ4v) is 2.35. The monoisotopic (exact) mass is 198 g/mol. The number of rotatable bonds is 3. The molecule has 0 aliphatic heterocycles. The zero-order valence-corrected chi connectivity index (χ0v) is 7.73. The Morgan fingerprint density at radius 1 is 1.58 bits per heavy atom. The number of thiophene rings is 1. The van der Waals surface area contributed by atoms with Gasteiger partial charge in [0.2, 0.25) is 0 Å². The topological polar surface area (TPSA) is 54.5 Å². The van der Waals surface area contributed by atoms with Crippen LogP contribution < -0.4 is 0 Å². The number of aromatic nitrogens is 4. The maximum absolute atomic E-state index is 3.85. The molecule has 0 atom stereocenters. The van der Waals surface area contributed by atoms with Crippen molar-refractivity contribution >= 4 is 23.1 Å². The van der Waals surface area contributed by atoms with Gasteiger partial charge in [-0.15, -0.1) is 22.0 Å². The Labute approximate surface area is 77.4 Å². The maximum atomic E-state index is 3.85. The predicted octanol–water partition coefficient (Wildman–Crippen LogP) is 1.55. The van der Waals surface area contributed by atoms with Gasteiger partial charge in [-0.05, 0) is 11.4 Å². The van der Waals surface area contributed by atoms with Crippen LogP contribution in [0, 0.1) is 0 Å². The van der Waals surface area contributed by atoms with Gasteiger partial charge in [0, 0.05) is 10.3 Å². The van der Waals surface area contributed by atoms with Crippen LogP contribution >= 0.6 is 23.1 Å². The zero-order chi connectivity index (χ0) is 8.23. The molecular formula is C6H6N4S2. The van der Waals surface area contributed by atoms with E-state index in [9.17, 15) is 0 Å². The summed E-state index contributed by atoms with van der Waals surface area (Å²) in [7, 11) is 0. The molecule has 0 aliphatic rings. The minimum atomic E-state index is 0.742. The number of hydrogen-bond donors (Lipinski definition) is 1. The molecule has 0 aromatic carbocycles. The van der Waals surface area contributed by atoms with Crippen LogP contribution in [0.5, 0.6) is 0 Å². The lowest BCUT2D eigenvalue weighted by molar-refractivity contribution is 0.881. The van der Waals surface area contributed by atoms with E-state index in [1.54, 1.807) is 23.1 Å². The molecule has 2 aromatic heterocycles. The number of nitrogens with one attached hydrogen (secondary N) is 1.